The van der Waals surface area contributed by atoms with Crippen LogP contribution in [0.15, 0.2) is 18.2 Å². The highest BCUT2D eigenvalue weighted by molar-refractivity contribution is 5.96. The summed E-state index contributed by atoms with van der Waals surface area (Å²) in [6.07, 6.45) is 0. The smallest absolute Gasteiger partial charge is 0.293 e. The van der Waals surface area contributed by atoms with Gasteiger partial charge in [0.2, 0.25) is 0 Å². The summed E-state index contributed by atoms with van der Waals surface area (Å²) >= 11 is 0. The van der Waals surface area contributed by atoms with Gasteiger partial charge in [-0.3, -0.25) is 20.8 Å². The van der Waals surface area contributed by atoms with E-state index >= 15 is 0 Å². The number of nitrogens with two attached hydrogens (primary N) is 1. The molecule has 0 spiro atoms. The molecular formula is C10H12N8O3. The Morgan fingerprint density at radius 1 is 1.52 bits per heavy atom. The Bertz CT molecular complexity index is 656. The van der Waals surface area contributed by atoms with E-state index in [0.717, 1.165) is 0 Å². The van der Waals surface area contributed by atoms with Crippen molar-refractivity contribution in [3.8, 4) is 0 Å². The molecule has 2 rings (SSSR count). The number of tetrazole rings is 1. The minimum absolute atomic E-state index is 0.0415. The molecule has 1 unspecified atom stereocenters. The maximum atomic E-state index is 12.1. The van der Waals surface area contributed by atoms with Crippen molar-refractivity contribution in [1.82, 2.24) is 25.9 Å². The highest BCUT2D eigenvalue weighted by atomic mass is 16.6. The summed E-state index contributed by atoms with van der Waals surface area (Å²) in [6, 6.07) is 3.34. The number of amides is 1. The average molecular weight is 292 g/mol. The first-order chi connectivity index (χ1) is 10.0. The number of carbonyl (C=O) groups is 1. The van der Waals surface area contributed by atoms with Gasteiger partial charge in [-0.1, -0.05) is 5.21 Å². The van der Waals surface area contributed by atoms with Gasteiger partial charge in [0.1, 0.15) is 5.69 Å². The monoisotopic (exact) mass is 292 g/mol. The number of H-pyrrole nitrogens is 1. The molecule has 5 N–H and O–H groups in total. The van der Waals surface area contributed by atoms with Crippen molar-refractivity contribution in [3.05, 3.63) is 39.7 Å². The van der Waals surface area contributed by atoms with E-state index in [4.69, 9.17) is 5.84 Å². The molecule has 110 valence electrons. The molecule has 0 radical (unpaired) electrons. The Morgan fingerprint density at radius 3 is 2.86 bits per heavy atom. The molecule has 0 aliphatic heterocycles. The van der Waals surface area contributed by atoms with Crippen LogP contribution in [0, 0.1) is 10.1 Å². The zero-order chi connectivity index (χ0) is 15.4. The maximum absolute atomic E-state index is 12.1. The normalized spacial score (nSPS) is 11.7. The number of hydrogen-bond donors (Lipinski definition) is 4. The molecule has 1 heterocycles. The van der Waals surface area contributed by atoms with Gasteiger partial charge in [-0.05, 0) is 19.1 Å². The molecule has 21 heavy (non-hydrogen) atoms. The predicted octanol–water partition coefficient (Wildman–Crippen LogP) is -0.116. The number of hydrazine groups is 1. The highest BCUT2D eigenvalue weighted by Crippen LogP contribution is 2.24. The second-order valence-corrected chi connectivity index (χ2v) is 4.10. The van der Waals surface area contributed by atoms with Crippen LogP contribution in [0.1, 0.15) is 29.1 Å². The lowest BCUT2D eigenvalue weighted by atomic mass is 10.1. The fraction of sp³-hybridized carbons (Fsp3) is 0.200. The van der Waals surface area contributed by atoms with E-state index in [1.165, 1.54) is 18.2 Å². The van der Waals surface area contributed by atoms with Crippen LogP contribution in [-0.4, -0.2) is 31.5 Å². The van der Waals surface area contributed by atoms with Gasteiger partial charge in [-0.25, -0.2) is 0 Å². The first-order valence-corrected chi connectivity index (χ1v) is 5.82. The quantitative estimate of drug-likeness (QED) is 0.336. The summed E-state index contributed by atoms with van der Waals surface area (Å²) in [7, 11) is 0. The lowest BCUT2D eigenvalue weighted by Crippen LogP contribution is -2.27. The molecule has 1 atom stereocenters. The van der Waals surface area contributed by atoms with Crippen LogP contribution in [0.3, 0.4) is 0 Å². The van der Waals surface area contributed by atoms with Gasteiger partial charge in [-0.15, -0.1) is 10.2 Å². The minimum atomic E-state index is -0.598. The van der Waals surface area contributed by atoms with Gasteiger partial charge in [0.05, 0.1) is 11.0 Å². The molecule has 2 aromatic rings. The average Bonchev–Trinajstić information content (AvgIpc) is 3.00. The molecule has 1 aromatic heterocycles. The second kappa shape index (κ2) is 5.92. The van der Waals surface area contributed by atoms with Crippen molar-refractivity contribution in [3.63, 3.8) is 0 Å². The molecule has 0 bridgehead atoms. The van der Waals surface area contributed by atoms with Crippen molar-refractivity contribution in [1.29, 1.82) is 0 Å². The number of nitro groups is 1. The van der Waals surface area contributed by atoms with E-state index in [-0.39, 0.29) is 16.9 Å². The van der Waals surface area contributed by atoms with Crippen molar-refractivity contribution in [2.45, 2.75) is 13.0 Å². The van der Waals surface area contributed by atoms with E-state index in [2.05, 4.69) is 31.4 Å². The summed E-state index contributed by atoms with van der Waals surface area (Å²) in [5.41, 5.74) is 2.22. The standard InChI is InChI=1S/C10H12N8O3/c1-5(9-14-16-17-15-9)12-10(19)6-2-3-8(18(20)21)7(4-6)13-11/h2-5,13H,11H2,1H3,(H,12,19)(H,14,15,16,17). The zero-order valence-corrected chi connectivity index (χ0v) is 10.9. The Kier molecular flexibility index (Phi) is 4.04. The third-order valence-corrected chi connectivity index (χ3v) is 2.71. The van der Waals surface area contributed by atoms with Gasteiger partial charge in [-0.2, -0.15) is 5.21 Å². The first-order valence-electron chi connectivity index (χ1n) is 5.82. The lowest BCUT2D eigenvalue weighted by Gasteiger charge is -2.10. The van der Waals surface area contributed by atoms with E-state index in [9.17, 15) is 14.9 Å². The molecule has 0 aliphatic carbocycles. The summed E-state index contributed by atoms with van der Waals surface area (Å²) in [5.74, 6) is 5.09. The Hall–Kier alpha value is -3.08. The summed E-state index contributed by atoms with van der Waals surface area (Å²) in [4.78, 5) is 22.2. The van der Waals surface area contributed by atoms with Crippen LogP contribution in [0.5, 0.6) is 0 Å². The van der Waals surface area contributed by atoms with Crippen LogP contribution in [-0.2, 0) is 0 Å². The fourth-order valence-corrected chi connectivity index (χ4v) is 1.65. The summed E-state index contributed by atoms with van der Waals surface area (Å²) in [5, 5.41) is 26.6. The highest BCUT2D eigenvalue weighted by Gasteiger charge is 2.18. The largest absolute Gasteiger partial charge is 0.342 e. The van der Waals surface area contributed by atoms with Crippen LogP contribution in [0.4, 0.5) is 11.4 Å². The number of nitrogen functional groups attached to an aromatic ring is 1. The Labute approximate surface area is 118 Å². The number of nitrogens with one attached hydrogen (secondary N) is 3. The van der Waals surface area contributed by atoms with Crippen molar-refractivity contribution in [2.75, 3.05) is 5.43 Å². The SMILES string of the molecule is CC(NC(=O)c1ccc([N+](=O)[O-])c(NN)c1)c1nn[nH]n1. The zero-order valence-electron chi connectivity index (χ0n) is 10.9. The maximum Gasteiger partial charge on any atom is 0.293 e. The van der Waals surface area contributed by atoms with E-state index in [0.29, 0.717) is 5.82 Å². The molecule has 0 fully saturated rings. The molecule has 0 saturated carbocycles. The molecule has 0 aliphatic rings. The van der Waals surface area contributed by atoms with Crippen molar-refractivity contribution in [2.24, 2.45) is 5.84 Å². The number of aromatic amines is 1. The van der Waals surface area contributed by atoms with Crippen LogP contribution >= 0.6 is 0 Å². The first kappa shape index (κ1) is 14.3. The number of carbonyl (C=O) groups excluding carboxylic acids is 1. The molecule has 1 aromatic carbocycles. The topological polar surface area (TPSA) is 165 Å². The van der Waals surface area contributed by atoms with Gasteiger partial charge >= 0.3 is 0 Å². The van der Waals surface area contributed by atoms with Crippen molar-refractivity contribution < 1.29 is 9.72 Å². The van der Waals surface area contributed by atoms with Crippen LogP contribution in [0.25, 0.3) is 0 Å². The molecule has 11 nitrogen and oxygen atoms in total. The lowest BCUT2D eigenvalue weighted by molar-refractivity contribution is -0.384. The summed E-state index contributed by atoms with van der Waals surface area (Å²) < 4.78 is 0. The number of anilines is 1. The fourth-order valence-electron chi connectivity index (χ4n) is 1.65. The summed E-state index contributed by atoms with van der Waals surface area (Å²) in [6.45, 7) is 1.68. The number of aromatic nitrogens is 4. The third-order valence-electron chi connectivity index (χ3n) is 2.71. The van der Waals surface area contributed by atoms with Gasteiger partial charge < -0.3 is 10.7 Å². The second-order valence-electron chi connectivity index (χ2n) is 4.10. The Morgan fingerprint density at radius 2 is 2.29 bits per heavy atom. The van der Waals surface area contributed by atoms with Gasteiger partial charge in [0.15, 0.2) is 5.82 Å². The number of nitrogens with zero attached hydrogens (tertiary/aromatic N) is 4. The molecule has 1 amide bonds. The van der Waals surface area contributed by atoms with Crippen LogP contribution in [0.2, 0.25) is 0 Å². The molecule has 11 heteroatoms. The predicted molar refractivity (Wildman–Crippen MR) is 71.0 cm³/mol. The molecular weight excluding hydrogens is 280 g/mol. The number of benzene rings is 1. The van der Waals surface area contributed by atoms with Gasteiger partial charge in [0, 0.05) is 11.6 Å². The van der Waals surface area contributed by atoms with E-state index < -0.39 is 16.9 Å². The van der Waals surface area contributed by atoms with E-state index in [1.54, 1.807) is 6.92 Å². The Balaban J connectivity index is 2.18. The molecule has 0 saturated heterocycles. The minimum Gasteiger partial charge on any atom is -0.342 e. The van der Waals surface area contributed by atoms with Crippen molar-refractivity contribution >= 4 is 17.3 Å². The van der Waals surface area contributed by atoms with Crippen LogP contribution < -0.4 is 16.6 Å². The number of nitro benzene ring substituents is 1. The number of rotatable bonds is 5. The van der Waals surface area contributed by atoms with Gasteiger partial charge in [0.25, 0.3) is 11.6 Å². The third kappa shape index (κ3) is 3.09. The van der Waals surface area contributed by atoms with E-state index in [1.807, 2.05) is 0 Å². The number of hydrogen-bond acceptors (Lipinski definition) is 8.